The Balaban J connectivity index is 4.30. The van der Waals surface area contributed by atoms with Gasteiger partial charge in [0, 0.05) is 19.3 Å². The van der Waals surface area contributed by atoms with Crippen LogP contribution in [0.15, 0.2) is 12.2 Å². The van der Waals surface area contributed by atoms with Gasteiger partial charge < -0.3 is 14.2 Å². The van der Waals surface area contributed by atoms with Gasteiger partial charge in [0.05, 0.1) is 0 Å². The summed E-state index contributed by atoms with van der Waals surface area (Å²) in [5.41, 5.74) is 0. The molecule has 0 aromatic carbocycles. The maximum Gasteiger partial charge on any atom is 0.306 e. The Bertz CT molecular complexity index is 1120. The first-order valence-electron chi connectivity index (χ1n) is 32.7. The van der Waals surface area contributed by atoms with Crippen LogP contribution in [0.4, 0.5) is 0 Å². The van der Waals surface area contributed by atoms with Gasteiger partial charge in [0.1, 0.15) is 13.2 Å². The molecule has 0 aliphatic heterocycles. The quantitative estimate of drug-likeness (QED) is 0.0261. The first-order chi connectivity index (χ1) is 35.5. The highest BCUT2D eigenvalue weighted by atomic mass is 16.6. The molecule has 0 fully saturated rings. The summed E-state index contributed by atoms with van der Waals surface area (Å²) in [7, 11) is 0. The first-order valence-corrected chi connectivity index (χ1v) is 32.7. The zero-order valence-electron chi connectivity index (χ0n) is 49.0. The monoisotopic (exact) mass is 1010 g/mol. The Morgan fingerprint density at radius 2 is 0.458 bits per heavy atom. The van der Waals surface area contributed by atoms with E-state index in [2.05, 4.69) is 32.9 Å². The molecule has 426 valence electrons. The average Bonchev–Trinajstić information content (AvgIpc) is 3.38. The van der Waals surface area contributed by atoms with Gasteiger partial charge in [0.2, 0.25) is 0 Å². The van der Waals surface area contributed by atoms with Gasteiger partial charge >= 0.3 is 17.9 Å². The number of esters is 3. The van der Waals surface area contributed by atoms with E-state index in [1.165, 1.54) is 276 Å². The van der Waals surface area contributed by atoms with Crippen molar-refractivity contribution in [3.05, 3.63) is 12.2 Å². The Kier molecular flexibility index (Phi) is 60.1. The number of rotatable bonds is 61. The summed E-state index contributed by atoms with van der Waals surface area (Å²) in [6, 6.07) is 0. The fourth-order valence-electron chi connectivity index (χ4n) is 10.1. The summed E-state index contributed by atoms with van der Waals surface area (Å²) >= 11 is 0. The van der Waals surface area contributed by atoms with Gasteiger partial charge in [-0.05, 0) is 44.9 Å². The van der Waals surface area contributed by atoms with E-state index in [9.17, 15) is 14.4 Å². The second-order valence-corrected chi connectivity index (χ2v) is 22.4. The number of hydrogen-bond donors (Lipinski definition) is 0. The van der Waals surface area contributed by atoms with Crippen LogP contribution in [0.1, 0.15) is 374 Å². The van der Waals surface area contributed by atoms with E-state index in [1.54, 1.807) is 0 Å². The third-order valence-electron chi connectivity index (χ3n) is 15.0. The molecule has 0 rings (SSSR count). The van der Waals surface area contributed by atoms with Crippen molar-refractivity contribution in [1.82, 2.24) is 0 Å². The Morgan fingerprint density at radius 1 is 0.264 bits per heavy atom. The SMILES string of the molecule is CCCCCCCCCC/C=C\CCCCCCCCCC(=O)OC[C@@H](COC(=O)CCCCCCCCCCCCCCCCCC)OC(=O)CCCCCCCCCCCCCCCCCCCCC. The molecule has 0 heterocycles. The second kappa shape index (κ2) is 61.7. The minimum atomic E-state index is -0.767. The first kappa shape index (κ1) is 70.1. The van der Waals surface area contributed by atoms with Crippen molar-refractivity contribution in [1.29, 1.82) is 0 Å². The minimum absolute atomic E-state index is 0.0645. The van der Waals surface area contributed by atoms with Gasteiger partial charge in [-0.15, -0.1) is 0 Å². The normalized spacial score (nSPS) is 12.0. The third kappa shape index (κ3) is 59.0. The minimum Gasteiger partial charge on any atom is -0.462 e. The van der Waals surface area contributed by atoms with Gasteiger partial charge in [-0.2, -0.15) is 0 Å². The highest BCUT2D eigenvalue weighted by Gasteiger charge is 2.19. The van der Waals surface area contributed by atoms with Crippen LogP contribution < -0.4 is 0 Å². The largest absolute Gasteiger partial charge is 0.462 e. The van der Waals surface area contributed by atoms with Crippen LogP contribution in [0.25, 0.3) is 0 Å². The summed E-state index contributed by atoms with van der Waals surface area (Å²) in [4.78, 5) is 38.3. The fraction of sp³-hybridized carbons (Fsp3) is 0.924. The fourth-order valence-corrected chi connectivity index (χ4v) is 10.1. The van der Waals surface area contributed by atoms with E-state index in [-0.39, 0.29) is 31.1 Å². The molecule has 0 N–H and O–H groups in total. The molecular weight excluding hydrogens is 889 g/mol. The van der Waals surface area contributed by atoms with Crippen molar-refractivity contribution < 1.29 is 28.6 Å². The maximum atomic E-state index is 12.9. The molecule has 0 aliphatic carbocycles. The molecule has 0 unspecified atom stereocenters. The van der Waals surface area contributed by atoms with Crippen LogP contribution in [0.2, 0.25) is 0 Å². The standard InChI is InChI=1S/C66H126O6/c1-4-7-10-13-16-19-22-25-28-31-33-35-38-41-44-47-50-53-56-59-65(68)71-62-63(61-70-64(67)58-55-52-49-46-43-40-37-30-27-24-21-18-15-12-9-6-3)72-66(69)60-57-54-51-48-45-42-39-36-34-32-29-26-23-20-17-14-11-8-5-2/h31,33,63H,4-30,32,34-62H2,1-3H3/b33-31-/t63-/m1/s1. The molecule has 0 aromatic rings. The molecule has 0 bridgehead atoms. The van der Waals surface area contributed by atoms with Crippen LogP contribution in [0.5, 0.6) is 0 Å². The summed E-state index contributed by atoms with van der Waals surface area (Å²) in [5.74, 6) is -0.836. The van der Waals surface area contributed by atoms with Crippen LogP contribution in [-0.4, -0.2) is 37.2 Å². The number of carbonyl (C=O) groups is 3. The lowest BCUT2D eigenvalue weighted by Crippen LogP contribution is -2.30. The van der Waals surface area contributed by atoms with E-state index >= 15 is 0 Å². The highest BCUT2D eigenvalue weighted by molar-refractivity contribution is 5.71. The second-order valence-electron chi connectivity index (χ2n) is 22.4. The van der Waals surface area contributed by atoms with Crippen molar-refractivity contribution in [2.75, 3.05) is 13.2 Å². The van der Waals surface area contributed by atoms with E-state index in [0.717, 1.165) is 57.8 Å². The van der Waals surface area contributed by atoms with Gasteiger partial charge in [0.25, 0.3) is 0 Å². The van der Waals surface area contributed by atoms with E-state index in [0.29, 0.717) is 19.3 Å². The van der Waals surface area contributed by atoms with Gasteiger partial charge in [-0.1, -0.05) is 322 Å². The summed E-state index contributed by atoms with van der Waals surface area (Å²) in [6.45, 7) is 6.72. The average molecular weight is 1020 g/mol. The lowest BCUT2D eigenvalue weighted by Gasteiger charge is -2.18. The molecule has 0 aromatic heterocycles. The lowest BCUT2D eigenvalue weighted by molar-refractivity contribution is -0.167. The molecule has 6 heteroatoms. The highest BCUT2D eigenvalue weighted by Crippen LogP contribution is 2.18. The number of hydrogen-bond acceptors (Lipinski definition) is 6. The molecular formula is C66H126O6. The predicted molar refractivity (Wildman–Crippen MR) is 312 cm³/mol. The number of unbranched alkanes of at least 4 members (excludes halogenated alkanes) is 48. The lowest BCUT2D eigenvalue weighted by atomic mass is 10.0. The Labute approximate surface area is 450 Å². The molecule has 0 spiro atoms. The summed E-state index contributed by atoms with van der Waals surface area (Å²) in [5, 5.41) is 0. The molecule has 0 amide bonds. The summed E-state index contributed by atoms with van der Waals surface area (Å²) in [6.07, 6.45) is 72.1. The van der Waals surface area contributed by atoms with Gasteiger partial charge in [-0.3, -0.25) is 14.4 Å². The predicted octanol–water partition coefficient (Wildman–Crippen LogP) is 22.1. The summed E-state index contributed by atoms with van der Waals surface area (Å²) < 4.78 is 17.0. The zero-order chi connectivity index (χ0) is 52.2. The van der Waals surface area contributed by atoms with Crippen molar-refractivity contribution in [2.45, 2.75) is 380 Å². The van der Waals surface area contributed by atoms with Crippen molar-refractivity contribution in [2.24, 2.45) is 0 Å². The Hall–Kier alpha value is -1.85. The van der Waals surface area contributed by atoms with Crippen LogP contribution in [0, 0.1) is 0 Å². The molecule has 0 radical (unpaired) electrons. The smallest absolute Gasteiger partial charge is 0.306 e. The molecule has 72 heavy (non-hydrogen) atoms. The Morgan fingerprint density at radius 3 is 0.694 bits per heavy atom. The molecule has 0 aliphatic rings. The van der Waals surface area contributed by atoms with Gasteiger partial charge in [-0.25, -0.2) is 0 Å². The number of ether oxygens (including phenoxy) is 3. The molecule has 6 nitrogen and oxygen atoms in total. The van der Waals surface area contributed by atoms with E-state index < -0.39 is 6.10 Å². The van der Waals surface area contributed by atoms with Crippen molar-refractivity contribution in [3.63, 3.8) is 0 Å². The van der Waals surface area contributed by atoms with E-state index in [4.69, 9.17) is 14.2 Å². The number of carbonyl (C=O) groups excluding carboxylic acids is 3. The van der Waals surface area contributed by atoms with Gasteiger partial charge in [0.15, 0.2) is 6.10 Å². The van der Waals surface area contributed by atoms with Crippen molar-refractivity contribution in [3.8, 4) is 0 Å². The maximum absolute atomic E-state index is 12.9. The van der Waals surface area contributed by atoms with E-state index in [1.807, 2.05) is 0 Å². The van der Waals surface area contributed by atoms with Crippen molar-refractivity contribution >= 4 is 17.9 Å². The van der Waals surface area contributed by atoms with Crippen LogP contribution in [-0.2, 0) is 28.6 Å². The molecule has 0 saturated heterocycles. The number of allylic oxidation sites excluding steroid dienone is 2. The zero-order valence-corrected chi connectivity index (χ0v) is 49.0. The molecule has 1 atom stereocenters. The topological polar surface area (TPSA) is 78.9 Å². The third-order valence-corrected chi connectivity index (χ3v) is 15.0. The molecule has 0 saturated carbocycles. The van der Waals surface area contributed by atoms with Crippen LogP contribution >= 0.6 is 0 Å². The van der Waals surface area contributed by atoms with Crippen LogP contribution in [0.3, 0.4) is 0 Å².